The summed E-state index contributed by atoms with van der Waals surface area (Å²) in [6.07, 6.45) is 3.00. The maximum Gasteiger partial charge on any atom is 0.0704 e. The van der Waals surface area contributed by atoms with Crippen LogP contribution in [0, 0.1) is 0 Å². The molecule has 1 aromatic carbocycles. The van der Waals surface area contributed by atoms with E-state index in [1.807, 2.05) is 25.4 Å². The van der Waals surface area contributed by atoms with Gasteiger partial charge < -0.3 is 10.1 Å². The molecular weight excluding hydrogens is 224 g/mol. The molecule has 3 heteroatoms. The van der Waals surface area contributed by atoms with Crippen molar-refractivity contribution in [1.82, 2.24) is 10.3 Å². The highest BCUT2D eigenvalue weighted by molar-refractivity contribution is 5.81. The molecule has 2 atom stereocenters. The smallest absolute Gasteiger partial charge is 0.0704 e. The summed E-state index contributed by atoms with van der Waals surface area (Å²) in [7, 11) is 3.73. The van der Waals surface area contributed by atoms with Gasteiger partial charge in [0.15, 0.2) is 0 Å². The van der Waals surface area contributed by atoms with Crippen molar-refractivity contribution >= 4 is 10.9 Å². The molecule has 2 aromatic rings. The number of fused-ring (bicyclic) bond motifs is 1. The van der Waals surface area contributed by atoms with Gasteiger partial charge in [0.2, 0.25) is 0 Å². The first-order valence-corrected chi connectivity index (χ1v) is 6.29. The fourth-order valence-corrected chi connectivity index (χ4v) is 2.24. The summed E-state index contributed by atoms with van der Waals surface area (Å²) in [6.45, 7) is 2.09. The molecule has 0 bridgehead atoms. The van der Waals surface area contributed by atoms with E-state index in [4.69, 9.17) is 4.74 Å². The monoisotopic (exact) mass is 244 g/mol. The number of aromatic nitrogens is 1. The van der Waals surface area contributed by atoms with Crippen LogP contribution in [-0.2, 0) is 11.2 Å². The van der Waals surface area contributed by atoms with Gasteiger partial charge in [-0.1, -0.05) is 18.2 Å². The second-order valence-corrected chi connectivity index (χ2v) is 4.53. The number of pyridine rings is 1. The number of hydrogen-bond acceptors (Lipinski definition) is 3. The standard InChI is InChI=1S/C15H20N2O/c1-11(18-3)15(16-2)10-12-8-9-17-14-7-5-4-6-13(12)14/h4-9,11,15-16H,10H2,1-3H3. The third kappa shape index (κ3) is 2.68. The van der Waals surface area contributed by atoms with Gasteiger partial charge in [-0.05, 0) is 38.1 Å². The zero-order valence-corrected chi connectivity index (χ0v) is 11.2. The van der Waals surface area contributed by atoms with Gasteiger partial charge in [0.05, 0.1) is 11.6 Å². The molecule has 0 saturated carbocycles. The highest BCUT2D eigenvalue weighted by atomic mass is 16.5. The van der Waals surface area contributed by atoms with Crippen LogP contribution >= 0.6 is 0 Å². The summed E-state index contributed by atoms with van der Waals surface area (Å²) in [5.74, 6) is 0. The van der Waals surface area contributed by atoms with Crippen LogP contribution in [0.3, 0.4) is 0 Å². The van der Waals surface area contributed by atoms with Crippen molar-refractivity contribution in [3.63, 3.8) is 0 Å². The highest BCUT2D eigenvalue weighted by Gasteiger charge is 2.16. The SMILES string of the molecule is CNC(Cc1ccnc2ccccc12)C(C)OC. The van der Waals surface area contributed by atoms with Crippen LogP contribution < -0.4 is 5.32 Å². The largest absolute Gasteiger partial charge is 0.380 e. The number of para-hydroxylation sites is 1. The molecule has 2 unspecified atom stereocenters. The molecule has 0 aliphatic rings. The quantitative estimate of drug-likeness (QED) is 0.877. The molecule has 2 rings (SSSR count). The molecule has 3 nitrogen and oxygen atoms in total. The molecule has 18 heavy (non-hydrogen) atoms. The Hall–Kier alpha value is -1.45. The van der Waals surface area contributed by atoms with Gasteiger partial charge in [-0.25, -0.2) is 0 Å². The zero-order valence-electron chi connectivity index (χ0n) is 11.2. The van der Waals surface area contributed by atoms with E-state index in [1.54, 1.807) is 7.11 Å². The van der Waals surface area contributed by atoms with Crippen molar-refractivity contribution in [3.8, 4) is 0 Å². The fourth-order valence-electron chi connectivity index (χ4n) is 2.24. The lowest BCUT2D eigenvalue weighted by atomic mass is 9.99. The Morgan fingerprint density at radius 1 is 1.28 bits per heavy atom. The van der Waals surface area contributed by atoms with Crippen LogP contribution in [0.25, 0.3) is 10.9 Å². The van der Waals surface area contributed by atoms with E-state index >= 15 is 0 Å². The zero-order chi connectivity index (χ0) is 13.0. The van der Waals surface area contributed by atoms with Gasteiger partial charge in [0.1, 0.15) is 0 Å². The Morgan fingerprint density at radius 2 is 2.06 bits per heavy atom. The Kier molecular flexibility index (Phi) is 4.28. The normalized spacial score (nSPS) is 14.6. The summed E-state index contributed by atoms with van der Waals surface area (Å²) in [5, 5.41) is 4.55. The molecule has 0 aliphatic heterocycles. The average Bonchev–Trinajstić information content (AvgIpc) is 2.44. The highest BCUT2D eigenvalue weighted by Crippen LogP contribution is 2.18. The molecular formula is C15H20N2O. The first kappa shape index (κ1) is 13.0. The number of nitrogens with one attached hydrogen (secondary N) is 1. The Bertz CT molecular complexity index is 507. The first-order valence-electron chi connectivity index (χ1n) is 6.29. The lowest BCUT2D eigenvalue weighted by molar-refractivity contribution is 0.0858. The molecule has 1 aromatic heterocycles. The maximum atomic E-state index is 5.41. The van der Waals surface area contributed by atoms with E-state index in [2.05, 4.69) is 35.4 Å². The number of methoxy groups -OCH3 is 1. The molecule has 0 spiro atoms. The minimum atomic E-state index is 0.182. The number of hydrogen-bond donors (Lipinski definition) is 1. The number of likely N-dealkylation sites (N-methyl/N-ethyl adjacent to an activating group) is 1. The molecule has 96 valence electrons. The number of ether oxygens (including phenoxy) is 1. The molecule has 0 fully saturated rings. The van der Waals surface area contributed by atoms with Gasteiger partial charge in [-0.2, -0.15) is 0 Å². The van der Waals surface area contributed by atoms with Crippen molar-refractivity contribution in [1.29, 1.82) is 0 Å². The summed E-state index contributed by atoms with van der Waals surface area (Å²) in [5.41, 5.74) is 2.36. The lowest BCUT2D eigenvalue weighted by Crippen LogP contribution is -2.38. The van der Waals surface area contributed by atoms with E-state index in [9.17, 15) is 0 Å². The minimum absolute atomic E-state index is 0.182. The summed E-state index contributed by atoms with van der Waals surface area (Å²) >= 11 is 0. The molecule has 0 amide bonds. The Morgan fingerprint density at radius 3 is 2.78 bits per heavy atom. The van der Waals surface area contributed by atoms with E-state index in [-0.39, 0.29) is 6.10 Å². The van der Waals surface area contributed by atoms with Crippen LogP contribution in [0.5, 0.6) is 0 Å². The van der Waals surface area contributed by atoms with Crippen molar-refractivity contribution in [2.75, 3.05) is 14.2 Å². The topological polar surface area (TPSA) is 34.2 Å². The van der Waals surface area contributed by atoms with Gasteiger partial charge in [-0.15, -0.1) is 0 Å². The Balaban J connectivity index is 2.30. The summed E-state index contributed by atoms with van der Waals surface area (Å²) in [6, 6.07) is 10.7. The summed E-state index contributed by atoms with van der Waals surface area (Å²) < 4.78 is 5.41. The van der Waals surface area contributed by atoms with Crippen LogP contribution in [0.15, 0.2) is 36.5 Å². The third-order valence-electron chi connectivity index (χ3n) is 3.49. The van der Waals surface area contributed by atoms with E-state index in [0.717, 1.165) is 11.9 Å². The fraction of sp³-hybridized carbons (Fsp3) is 0.400. The number of benzene rings is 1. The molecule has 0 aliphatic carbocycles. The van der Waals surface area contributed by atoms with Crippen LogP contribution in [0.1, 0.15) is 12.5 Å². The van der Waals surface area contributed by atoms with Crippen molar-refractivity contribution < 1.29 is 4.74 Å². The van der Waals surface area contributed by atoms with Crippen molar-refractivity contribution in [3.05, 3.63) is 42.1 Å². The number of rotatable bonds is 5. The van der Waals surface area contributed by atoms with Gasteiger partial charge in [0.25, 0.3) is 0 Å². The molecule has 0 saturated heterocycles. The first-order chi connectivity index (χ1) is 8.76. The van der Waals surface area contributed by atoms with E-state index in [0.29, 0.717) is 6.04 Å². The lowest BCUT2D eigenvalue weighted by Gasteiger charge is -2.22. The second-order valence-electron chi connectivity index (χ2n) is 4.53. The van der Waals surface area contributed by atoms with Gasteiger partial charge >= 0.3 is 0 Å². The van der Waals surface area contributed by atoms with Crippen LogP contribution in [-0.4, -0.2) is 31.3 Å². The van der Waals surface area contributed by atoms with Crippen molar-refractivity contribution in [2.24, 2.45) is 0 Å². The average molecular weight is 244 g/mol. The second kappa shape index (κ2) is 5.94. The third-order valence-corrected chi connectivity index (χ3v) is 3.49. The number of nitrogens with zero attached hydrogens (tertiary/aromatic N) is 1. The predicted molar refractivity (Wildman–Crippen MR) is 74.8 cm³/mol. The Labute approximate surface area is 108 Å². The molecule has 0 radical (unpaired) electrons. The van der Waals surface area contributed by atoms with Gasteiger partial charge in [-0.3, -0.25) is 4.98 Å². The minimum Gasteiger partial charge on any atom is -0.380 e. The van der Waals surface area contributed by atoms with Crippen molar-refractivity contribution in [2.45, 2.75) is 25.5 Å². The van der Waals surface area contributed by atoms with Gasteiger partial charge in [0, 0.05) is 24.7 Å². The molecule has 1 N–H and O–H groups in total. The predicted octanol–water partition coefficient (Wildman–Crippen LogP) is 2.40. The van der Waals surface area contributed by atoms with E-state index in [1.165, 1.54) is 10.9 Å². The van der Waals surface area contributed by atoms with Crippen LogP contribution in [0.4, 0.5) is 0 Å². The summed E-state index contributed by atoms with van der Waals surface area (Å²) in [4.78, 5) is 4.39. The van der Waals surface area contributed by atoms with Crippen LogP contribution in [0.2, 0.25) is 0 Å². The maximum absolute atomic E-state index is 5.41. The molecule has 1 heterocycles. The van der Waals surface area contributed by atoms with E-state index < -0.39 is 0 Å².